The SMILES string of the molecule is CN1CCO[C@H](CNCc2cn(C)nc2-c2ccncc2)C1. The van der Waals surface area contributed by atoms with Crippen molar-refractivity contribution >= 4 is 0 Å². The Morgan fingerprint density at radius 2 is 2.14 bits per heavy atom. The van der Waals surface area contributed by atoms with Gasteiger partial charge in [0.1, 0.15) is 0 Å². The zero-order valence-electron chi connectivity index (χ0n) is 13.2. The number of aryl methyl sites for hydroxylation is 1. The number of hydrogen-bond donors (Lipinski definition) is 1. The molecule has 0 saturated carbocycles. The zero-order valence-corrected chi connectivity index (χ0v) is 13.2. The molecule has 2 aromatic heterocycles. The molecule has 22 heavy (non-hydrogen) atoms. The van der Waals surface area contributed by atoms with Gasteiger partial charge in [-0.1, -0.05) is 0 Å². The van der Waals surface area contributed by atoms with Crippen molar-refractivity contribution in [2.24, 2.45) is 7.05 Å². The van der Waals surface area contributed by atoms with E-state index in [0.29, 0.717) is 0 Å². The van der Waals surface area contributed by atoms with E-state index < -0.39 is 0 Å². The van der Waals surface area contributed by atoms with E-state index in [9.17, 15) is 0 Å². The van der Waals surface area contributed by atoms with Crippen molar-refractivity contribution in [1.82, 2.24) is 25.0 Å². The predicted molar refractivity (Wildman–Crippen MR) is 85.4 cm³/mol. The summed E-state index contributed by atoms with van der Waals surface area (Å²) in [5.41, 5.74) is 3.30. The Morgan fingerprint density at radius 1 is 1.32 bits per heavy atom. The van der Waals surface area contributed by atoms with Gasteiger partial charge in [-0.2, -0.15) is 5.10 Å². The van der Waals surface area contributed by atoms with Crippen molar-refractivity contribution in [1.29, 1.82) is 0 Å². The van der Waals surface area contributed by atoms with E-state index in [1.807, 2.05) is 23.9 Å². The maximum atomic E-state index is 5.77. The molecule has 2 aromatic rings. The third-order valence-electron chi connectivity index (χ3n) is 3.89. The van der Waals surface area contributed by atoms with E-state index in [1.54, 1.807) is 12.4 Å². The monoisotopic (exact) mass is 301 g/mol. The first-order valence-electron chi connectivity index (χ1n) is 7.66. The molecule has 118 valence electrons. The molecule has 3 rings (SSSR count). The van der Waals surface area contributed by atoms with Gasteiger partial charge in [0.05, 0.1) is 18.4 Å². The normalized spacial score (nSPS) is 19.5. The average Bonchev–Trinajstić information content (AvgIpc) is 2.89. The van der Waals surface area contributed by atoms with E-state index in [0.717, 1.165) is 44.0 Å². The topological polar surface area (TPSA) is 55.2 Å². The summed E-state index contributed by atoms with van der Waals surface area (Å²) in [6.45, 7) is 4.46. The molecular formula is C16H23N5O. The third-order valence-corrected chi connectivity index (χ3v) is 3.89. The van der Waals surface area contributed by atoms with Gasteiger partial charge in [-0.15, -0.1) is 0 Å². The van der Waals surface area contributed by atoms with Crippen molar-refractivity contribution in [2.75, 3.05) is 33.3 Å². The quantitative estimate of drug-likeness (QED) is 0.889. The van der Waals surface area contributed by atoms with Crippen LogP contribution >= 0.6 is 0 Å². The van der Waals surface area contributed by atoms with E-state index >= 15 is 0 Å². The minimum Gasteiger partial charge on any atom is -0.374 e. The first-order valence-corrected chi connectivity index (χ1v) is 7.66. The molecule has 1 saturated heterocycles. The van der Waals surface area contributed by atoms with Crippen LogP contribution in [-0.4, -0.2) is 59.1 Å². The van der Waals surface area contributed by atoms with E-state index in [2.05, 4.69) is 33.5 Å². The predicted octanol–water partition coefficient (Wildman–Crippen LogP) is 0.902. The molecule has 1 atom stereocenters. The number of nitrogens with one attached hydrogen (secondary N) is 1. The van der Waals surface area contributed by atoms with Crippen LogP contribution in [0.15, 0.2) is 30.7 Å². The summed E-state index contributed by atoms with van der Waals surface area (Å²) in [7, 11) is 4.09. The molecule has 6 nitrogen and oxygen atoms in total. The van der Waals surface area contributed by atoms with Crippen LogP contribution in [0.4, 0.5) is 0 Å². The molecule has 6 heteroatoms. The highest BCUT2D eigenvalue weighted by atomic mass is 16.5. The molecule has 0 spiro atoms. The summed E-state index contributed by atoms with van der Waals surface area (Å²) in [6.07, 6.45) is 5.93. The first-order chi connectivity index (χ1) is 10.7. The maximum Gasteiger partial charge on any atom is 0.0969 e. The van der Waals surface area contributed by atoms with Gasteiger partial charge in [0.15, 0.2) is 0 Å². The van der Waals surface area contributed by atoms with Gasteiger partial charge in [-0.25, -0.2) is 0 Å². The molecule has 1 aliphatic heterocycles. The van der Waals surface area contributed by atoms with Crippen molar-refractivity contribution < 1.29 is 4.74 Å². The Morgan fingerprint density at radius 3 is 2.91 bits per heavy atom. The number of rotatable bonds is 5. The van der Waals surface area contributed by atoms with Crippen LogP contribution in [-0.2, 0) is 18.3 Å². The van der Waals surface area contributed by atoms with E-state index in [1.165, 1.54) is 5.56 Å². The van der Waals surface area contributed by atoms with Crippen molar-refractivity contribution in [3.05, 3.63) is 36.3 Å². The van der Waals surface area contributed by atoms with Gasteiger partial charge in [0.25, 0.3) is 0 Å². The van der Waals surface area contributed by atoms with Gasteiger partial charge in [0, 0.05) is 62.9 Å². The lowest BCUT2D eigenvalue weighted by Gasteiger charge is -2.30. The largest absolute Gasteiger partial charge is 0.374 e. The third kappa shape index (κ3) is 3.71. The van der Waals surface area contributed by atoms with Crippen LogP contribution in [0.5, 0.6) is 0 Å². The summed E-state index contributed by atoms with van der Waals surface area (Å²) < 4.78 is 7.63. The fourth-order valence-corrected chi connectivity index (χ4v) is 2.78. The van der Waals surface area contributed by atoms with Gasteiger partial charge < -0.3 is 15.0 Å². The van der Waals surface area contributed by atoms with E-state index in [-0.39, 0.29) is 6.10 Å². The van der Waals surface area contributed by atoms with Gasteiger partial charge in [0.2, 0.25) is 0 Å². The Labute approximate surface area is 131 Å². The molecule has 0 amide bonds. The number of likely N-dealkylation sites (N-methyl/N-ethyl adjacent to an activating group) is 1. The molecule has 3 heterocycles. The summed E-state index contributed by atoms with van der Waals surface area (Å²) in [4.78, 5) is 6.37. The molecule has 0 radical (unpaired) electrons. The second kappa shape index (κ2) is 7.00. The number of aromatic nitrogens is 3. The van der Waals surface area contributed by atoms with Crippen LogP contribution in [0.3, 0.4) is 0 Å². The van der Waals surface area contributed by atoms with Crippen molar-refractivity contribution in [3.8, 4) is 11.3 Å². The highest BCUT2D eigenvalue weighted by Crippen LogP contribution is 2.20. The molecular weight excluding hydrogens is 278 g/mol. The number of nitrogens with zero attached hydrogens (tertiary/aromatic N) is 4. The maximum absolute atomic E-state index is 5.77. The minimum absolute atomic E-state index is 0.264. The Kier molecular flexibility index (Phi) is 4.82. The van der Waals surface area contributed by atoms with Gasteiger partial charge in [-0.3, -0.25) is 9.67 Å². The standard InChI is InChI=1S/C16H23N5O/c1-20-7-8-22-15(12-20)10-18-9-14-11-21(2)19-16(14)13-3-5-17-6-4-13/h3-6,11,15,18H,7-10,12H2,1-2H3/t15-/m1/s1. The van der Waals surface area contributed by atoms with Crippen LogP contribution in [0.1, 0.15) is 5.56 Å². The highest BCUT2D eigenvalue weighted by Gasteiger charge is 2.17. The fourth-order valence-electron chi connectivity index (χ4n) is 2.78. The molecule has 0 aliphatic carbocycles. The van der Waals surface area contributed by atoms with Crippen LogP contribution < -0.4 is 5.32 Å². The number of morpholine rings is 1. The summed E-state index contributed by atoms with van der Waals surface area (Å²) >= 11 is 0. The Bertz CT molecular complexity index is 598. The van der Waals surface area contributed by atoms with Crippen LogP contribution in [0.2, 0.25) is 0 Å². The second-order valence-electron chi connectivity index (χ2n) is 5.80. The first kappa shape index (κ1) is 15.1. The fraction of sp³-hybridized carbons (Fsp3) is 0.500. The lowest BCUT2D eigenvalue weighted by atomic mass is 10.1. The van der Waals surface area contributed by atoms with E-state index in [4.69, 9.17) is 4.74 Å². The molecule has 1 N–H and O–H groups in total. The summed E-state index contributed by atoms with van der Waals surface area (Å²) in [6, 6.07) is 3.98. The summed E-state index contributed by atoms with van der Waals surface area (Å²) in [5, 5.41) is 8.06. The average molecular weight is 301 g/mol. The lowest BCUT2D eigenvalue weighted by molar-refractivity contribution is -0.0182. The smallest absolute Gasteiger partial charge is 0.0969 e. The number of ether oxygens (including phenoxy) is 1. The molecule has 1 aliphatic rings. The molecule has 1 fully saturated rings. The molecule has 0 unspecified atom stereocenters. The highest BCUT2D eigenvalue weighted by molar-refractivity contribution is 5.61. The lowest BCUT2D eigenvalue weighted by Crippen LogP contribution is -2.44. The van der Waals surface area contributed by atoms with Crippen molar-refractivity contribution in [2.45, 2.75) is 12.6 Å². The zero-order chi connectivity index (χ0) is 15.4. The van der Waals surface area contributed by atoms with Gasteiger partial charge >= 0.3 is 0 Å². The Hall–Kier alpha value is -1.76. The summed E-state index contributed by atoms with van der Waals surface area (Å²) in [5.74, 6) is 0. The van der Waals surface area contributed by atoms with Crippen LogP contribution in [0.25, 0.3) is 11.3 Å². The Balaban J connectivity index is 1.61. The van der Waals surface area contributed by atoms with Gasteiger partial charge in [-0.05, 0) is 19.2 Å². The van der Waals surface area contributed by atoms with Crippen molar-refractivity contribution in [3.63, 3.8) is 0 Å². The molecule has 0 bridgehead atoms. The van der Waals surface area contributed by atoms with Crippen LogP contribution in [0, 0.1) is 0 Å². The minimum atomic E-state index is 0.264. The second-order valence-corrected chi connectivity index (χ2v) is 5.80. The number of hydrogen-bond acceptors (Lipinski definition) is 5. The molecule has 0 aromatic carbocycles. The number of pyridine rings is 1.